The number of carbonyl (C=O) groups is 4. The van der Waals surface area contributed by atoms with E-state index >= 15 is 0 Å². The fraction of sp³-hybridized carbons (Fsp3) is 0.455. The van der Waals surface area contributed by atoms with Crippen LogP contribution < -0.4 is 0 Å². The first-order chi connectivity index (χ1) is 13.5. The average Bonchev–Trinajstić information content (AvgIpc) is 3.50. The molecule has 3 fully saturated rings. The van der Waals surface area contributed by atoms with Crippen LogP contribution in [0.2, 0.25) is 0 Å². The Kier molecular flexibility index (Phi) is 3.79. The van der Waals surface area contributed by atoms with E-state index in [1.54, 1.807) is 30.3 Å². The Morgan fingerprint density at radius 1 is 1.04 bits per heavy atom. The van der Waals surface area contributed by atoms with Gasteiger partial charge in [-0.15, -0.1) is 0 Å². The van der Waals surface area contributed by atoms with E-state index in [-0.39, 0.29) is 41.3 Å². The van der Waals surface area contributed by atoms with Crippen molar-refractivity contribution in [2.75, 3.05) is 6.61 Å². The summed E-state index contributed by atoms with van der Waals surface area (Å²) in [5, 5.41) is 0. The fourth-order valence-corrected chi connectivity index (χ4v) is 5.43. The van der Waals surface area contributed by atoms with Crippen LogP contribution in [0.25, 0.3) is 0 Å². The zero-order chi connectivity index (χ0) is 19.6. The molecule has 0 radical (unpaired) electrons. The Morgan fingerprint density at radius 2 is 1.61 bits per heavy atom. The Morgan fingerprint density at radius 3 is 2.18 bits per heavy atom. The number of hydrogen-bond donors (Lipinski definition) is 0. The van der Waals surface area contributed by atoms with Crippen LogP contribution in [0.4, 0.5) is 0 Å². The molecule has 5 aliphatic rings. The molecule has 1 aromatic rings. The molecule has 1 saturated heterocycles. The molecule has 4 aliphatic carbocycles. The number of benzene rings is 1. The van der Waals surface area contributed by atoms with E-state index < -0.39 is 18.6 Å². The van der Waals surface area contributed by atoms with Gasteiger partial charge in [0.15, 0.2) is 12.4 Å². The highest BCUT2D eigenvalue weighted by Crippen LogP contribution is 2.65. The molecule has 1 heterocycles. The largest absolute Gasteiger partial charge is 0.456 e. The van der Waals surface area contributed by atoms with E-state index in [0.29, 0.717) is 17.4 Å². The van der Waals surface area contributed by atoms with Crippen LogP contribution in [0.5, 0.6) is 0 Å². The molecule has 0 unspecified atom stereocenters. The molecule has 7 atom stereocenters. The third kappa shape index (κ3) is 2.40. The topological polar surface area (TPSA) is 80.8 Å². The standard InChI is InChI=1S/C22H21NO5/c1-11(22(27)28-10-17(24)12-5-3-2-4-6-12)23-20(25)18-13-7-8-14(16-9-15(13)16)19(18)21(23)26/h2-8,11,13-16,18-19H,9-10H2,1H3/t11-,13-,14-,15-,16-,18+,19+/m1/s1. The molecule has 2 amide bonds. The van der Waals surface area contributed by atoms with E-state index in [1.807, 2.05) is 0 Å². The summed E-state index contributed by atoms with van der Waals surface area (Å²) in [5.41, 5.74) is 0.448. The average molecular weight is 379 g/mol. The van der Waals surface area contributed by atoms with Gasteiger partial charge in [-0.1, -0.05) is 42.5 Å². The van der Waals surface area contributed by atoms with Gasteiger partial charge in [0.25, 0.3) is 0 Å². The molecular formula is C22H21NO5. The molecule has 0 spiro atoms. The SMILES string of the molecule is C[C@H](C(=O)OCC(=O)c1ccccc1)N1C(=O)[C@H]2[C@@H]3C=C[C@H]([C@H]4C[C@H]34)[C@@H]2C1=O. The normalized spacial score (nSPS) is 35.4. The van der Waals surface area contributed by atoms with E-state index in [0.717, 1.165) is 11.3 Å². The van der Waals surface area contributed by atoms with E-state index in [4.69, 9.17) is 4.74 Å². The van der Waals surface area contributed by atoms with Gasteiger partial charge in [0.2, 0.25) is 11.8 Å². The zero-order valence-electron chi connectivity index (χ0n) is 15.5. The molecule has 1 aliphatic heterocycles. The monoisotopic (exact) mass is 379 g/mol. The predicted octanol–water partition coefficient (Wildman–Crippen LogP) is 1.85. The molecule has 28 heavy (non-hydrogen) atoms. The summed E-state index contributed by atoms with van der Waals surface area (Å²) in [4.78, 5) is 51.7. The molecule has 2 bridgehead atoms. The molecule has 1 aromatic carbocycles. The van der Waals surface area contributed by atoms with Crippen molar-refractivity contribution in [1.82, 2.24) is 4.90 Å². The number of imide groups is 1. The molecule has 144 valence electrons. The highest BCUT2D eigenvalue weighted by Gasteiger charge is 2.67. The predicted molar refractivity (Wildman–Crippen MR) is 97.7 cm³/mol. The molecular weight excluding hydrogens is 358 g/mol. The third-order valence-electron chi connectivity index (χ3n) is 6.87. The van der Waals surface area contributed by atoms with Crippen LogP contribution >= 0.6 is 0 Å². The summed E-state index contributed by atoms with van der Waals surface area (Å²) < 4.78 is 5.13. The summed E-state index contributed by atoms with van der Waals surface area (Å²) in [6, 6.07) is 7.52. The van der Waals surface area contributed by atoms with Gasteiger partial charge in [0.1, 0.15) is 6.04 Å². The lowest BCUT2D eigenvalue weighted by Gasteiger charge is -2.37. The first kappa shape index (κ1) is 17.3. The number of amides is 2. The number of likely N-dealkylation sites (tertiary alicyclic amines) is 1. The molecule has 6 heteroatoms. The summed E-state index contributed by atoms with van der Waals surface area (Å²) >= 11 is 0. The number of carbonyl (C=O) groups excluding carboxylic acids is 4. The highest BCUT2D eigenvalue weighted by atomic mass is 16.5. The smallest absolute Gasteiger partial charge is 0.329 e. The van der Waals surface area contributed by atoms with Crippen molar-refractivity contribution < 1.29 is 23.9 Å². The van der Waals surface area contributed by atoms with Crippen molar-refractivity contribution in [3.05, 3.63) is 48.0 Å². The van der Waals surface area contributed by atoms with E-state index in [9.17, 15) is 19.2 Å². The van der Waals surface area contributed by atoms with Gasteiger partial charge in [-0.05, 0) is 37.0 Å². The number of Topliss-reactive ketones (excluding diaryl/α,β-unsaturated/α-hetero) is 1. The minimum Gasteiger partial charge on any atom is -0.456 e. The quantitative estimate of drug-likeness (QED) is 0.338. The Bertz CT molecular complexity index is 871. The first-order valence-electron chi connectivity index (χ1n) is 9.79. The van der Waals surface area contributed by atoms with Crippen molar-refractivity contribution in [3.8, 4) is 0 Å². The second-order valence-electron chi connectivity index (χ2n) is 8.27. The van der Waals surface area contributed by atoms with Crippen LogP contribution in [-0.2, 0) is 19.1 Å². The van der Waals surface area contributed by atoms with Crippen molar-refractivity contribution in [2.24, 2.45) is 35.5 Å². The molecule has 6 nitrogen and oxygen atoms in total. The molecule has 2 saturated carbocycles. The van der Waals surface area contributed by atoms with Gasteiger partial charge in [-0.2, -0.15) is 0 Å². The lowest BCUT2D eigenvalue weighted by atomic mass is 9.63. The number of rotatable bonds is 5. The maximum atomic E-state index is 13.0. The van der Waals surface area contributed by atoms with Crippen molar-refractivity contribution in [3.63, 3.8) is 0 Å². The summed E-state index contributed by atoms with van der Waals surface area (Å²) in [7, 11) is 0. The third-order valence-corrected chi connectivity index (χ3v) is 6.87. The lowest BCUT2D eigenvalue weighted by molar-refractivity contribution is -0.157. The minimum atomic E-state index is -1.02. The number of hydrogen-bond acceptors (Lipinski definition) is 5. The van der Waals surface area contributed by atoms with Crippen molar-refractivity contribution in [2.45, 2.75) is 19.4 Å². The number of ketones is 1. The van der Waals surface area contributed by atoms with Crippen LogP contribution in [0.3, 0.4) is 0 Å². The van der Waals surface area contributed by atoms with E-state index in [2.05, 4.69) is 12.2 Å². The lowest BCUT2D eigenvalue weighted by Crippen LogP contribution is -2.45. The maximum Gasteiger partial charge on any atom is 0.329 e. The molecule has 0 N–H and O–H groups in total. The van der Waals surface area contributed by atoms with Gasteiger partial charge in [0.05, 0.1) is 11.8 Å². The summed E-state index contributed by atoms with van der Waals surface area (Å²) in [5.74, 6) is -1.01. The number of ether oxygens (including phenoxy) is 1. The zero-order valence-corrected chi connectivity index (χ0v) is 15.5. The first-order valence-corrected chi connectivity index (χ1v) is 9.79. The summed E-state index contributed by atoms with van der Waals surface area (Å²) in [6.07, 6.45) is 5.28. The van der Waals surface area contributed by atoms with Gasteiger partial charge in [-0.3, -0.25) is 19.3 Å². The minimum absolute atomic E-state index is 0.115. The van der Waals surface area contributed by atoms with Crippen molar-refractivity contribution >= 4 is 23.6 Å². The highest BCUT2D eigenvalue weighted by molar-refractivity contribution is 6.09. The Hall–Kier alpha value is -2.76. The number of esters is 1. The number of allylic oxidation sites excluding steroid dienone is 2. The second kappa shape index (κ2) is 6.12. The van der Waals surface area contributed by atoms with E-state index in [1.165, 1.54) is 6.92 Å². The van der Waals surface area contributed by atoms with Gasteiger partial charge in [-0.25, -0.2) is 4.79 Å². The van der Waals surface area contributed by atoms with Crippen LogP contribution in [0, 0.1) is 35.5 Å². The van der Waals surface area contributed by atoms with Crippen LogP contribution in [0.15, 0.2) is 42.5 Å². The van der Waals surface area contributed by atoms with Gasteiger partial charge >= 0.3 is 5.97 Å². The Labute approximate surface area is 162 Å². The summed E-state index contributed by atoms with van der Waals surface area (Å²) in [6.45, 7) is 1.09. The van der Waals surface area contributed by atoms with Crippen LogP contribution in [0.1, 0.15) is 23.7 Å². The second-order valence-corrected chi connectivity index (χ2v) is 8.27. The fourth-order valence-electron chi connectivity index (χ4n) is 5.43. The number of nitrogens with zero attached hydrogens (tertiary/aromatic N) is 1. The van der Waals surface area contributed by atoms with Gasteiger partial charge < -0.3 is 4.74 Å². The van der Waals surface area contributed by atoms with Crippen molar-refractivity contribution in [1.29, 1.82) is 0 Å². The Balaban J connectivity index is 1.27. The maximum absolute atomic E-state index is 13.0. The van der Waals surface area contributed by atoms with Crippen LogP contribution in [-0.4, -0.2) is 41.1 Å². The molecule has 0 aromatic heterocycles. The van der Waals surface area contributed by atoms with Gasteiger partial charge in [0, 0.05) is 5.56 Å². The molecule has 6 rings (SSSR count).